The topological polar surface area (TPSA) is 102 Å². The highest BCUT2D eigenvalue weighted by Gasteiger charge is 2.25. The fraction of sp³-hybridized carbons (Fsp3) is 0.429. The molecular weight excluding hydrogens is 420 g/mol. The molecule has 10 heteroatoms. The van der Waals surface area contributed by atoms with E-state index in [1.54, 1.807) is 13.3 Å². The van der Waals surface area contributed by atoms with Gasteiger partial charge in [-0.1, -0.05) is 6.42 Å². The number of ether oxygens (including phenoxy) is 3. The Morgan fingerprint density at radius 2 is 2.03 bits per heavy atom. The Morgan fingerprint density at radius 3 is 2.77 bits per heavy atom. The molecule has 1 aromatic carbocycles. The van der Waals surface area contributed by atoms with E-state index in [2.05, 4.69) is 25.2 Å². The van der Waals surface area contributed by atoms with Gasteiger partial charge in [0.15, 0.2) is 16.7 Å². The summed E-state index contributed by atoms with van der Waals surface area (Å²) in [4.78, 5) is 25.7. The highest BCUT2D eigenvalue weighted by molar-refractivity contribution is 8.18. The lowest BCUT2D eigenvalue weighted by Gasteiger charge is -2.26. The summed E-state index contributed by atoms with van der Waals surface area (Å²) in [6.45, 7) is 3.78. The molecule has 9 nitrogen and oxygen atoms in total. The highest BCUT2D eigenvalue weighted by Crippen LogP contribution is 2.28. The summed E-state index contributed by atoms with van der Waals surface area (Å²) in [6.07, 6.45) is 6.48. The van der Waals surface area contributed by atoms with Crippen molar-refractivity contribution in [3.63, 3.8) is 0 Å². The van der Waals surface area contributed by atoms with E-state index in [1.807, 2.05) is 18.2 Å². The summed E-state index contributed by atoms with van der Waals surface area (Å²) in [5.41, 5.74) is 0.768. The van der Waals surface area contributed by atoms with Gasteiger partial charge in [-0.3, -0.25) is 15.0 Å². The number of benzene rings is 1. The van der Waals surface area contributed by atoms with E-state index in [0.29, 0.717) is 18.1 Å². The maximum absolute atomic E-state index is 11.8. The van der Waals surface area contributed by atoms with Gasteiger partial charge in [0, 0.05) is 12.6 Å². The number of rotatable bonds is 8. The van der Waals surface area contributed by atoms with E-state index in [0.717, 1.165) is 43.0 Å². The third-order valence-electron chi connectivity index (χ3n) is 4.76. The summed E-state index contributed by atoms with van der Waals surface area (Å²) in [7, 11) is 2.84. The fourth-order valence-electron chi connectivity index (χ4n) is 3.14. The molecule has 0 aliphatic carbocycles. The Morgan fingerprint density at radius 1 is 1.23 bits per heavy atom. The van der Waals surface area contributed by atoms with Crippen LogP contribution in [0.5, 0.6) is 11.5 Å². The third-order valence-corrected chi connectivity index (χ3v) is 5.66. The van der Waals surface area contributed by atoms with Crippen LogP contribution in [0.25, 0.3) is 0 Å². The molecule has 31 heavy (non-hydrogen) atoms. The lowest BCUT2D eigenvalue weighted by Crippen LogP contribution is -2.33. The van der Waals surface area contributed by atoms with Crippen LogP contribution in [0.2, 0.25) is 0 Å². The molecule has 0 aromatic heterocycles. The first-order valence-electron chi connectivity index (χ1n) is 10.0. The third kappa shape index (κ3) is 6.83. The monoisotopic (exact) mass is 446 g/mol. The number of carbonyl (C=O) groups excluding carboxylic acids is 2. The second kappa shape index (κ2) is 11.5. The minimum atomic E-state index is -0.604. The first-order chi connectivity index (χ1) is 15.1. The van der Waals surface area contributed by atoms with E-state index < -0.39 is 11.9 Å². The molecule has 1 aromatic rings. The number of amidine groups is 1. The zero-order valence-electron chi connectivity index (χ0n) is 17.6. The molecule has 0 bridgehead atoms. The van der Waals surface area contributed by atoms with Gasteiger partial charge in [0.05, 0.1) is 25.3 Å². The van der Waals surface area contributed by atoms with Gasteiger partial charge in [0.1, 0.15) is 6.61 Å². The Labute approximate surface area is 185 Å². The van der Waals surface area contributed by atoms with Crippen molar-refractivity contribution in [2.45, 2.75) is 19.3 Å². The van der Waals surface area contributed by atoms with Gasteiger partial charge in [0.2, 0.25) is 0 Å². The summed E-state index contributed by atoms with van der Waals surface area (Å²) < 4.78 is 15.9. The van der Waals surface area contributed by atoms with Gasteiger partial charge < -0.3 is 14.2 Å². The van der Waals surface area contributed by atoms with Gasteiger partial charge in [-0.2, -0.15) is 5.10 Å². The zero-order valence-corrected chi connectivity index (χ0v) is 18.4. The van der Waals surface area contributed by atoms with Gasteiger partial charge in [-0.15, -0.1) is 5.10 Å². The molecule has 0 saturated carbocycles. The number of thioether (sulfide) groups is 1. The number of methoxy groups -OCH3 is 2. The number of nitrogens with one attached hydrogen (secondary N) is 1. The number of nitrogens with zero attached hydrogens (tertiary/aromatic N) is 3. The predicted molar refractivity (Wildman–Crippen MR) is 120 cm³/mol. The first-order valence-corrected chi connectivity index (χ1v) is 10.8. The molecule has 0 unspecified atom stereocenters. The van der Waals surface area contributed by atoms with Gasteiger partial charge >= 0.3 is 5.97 Å². The average Bonchev–Trinajstić information content (AvgIpc) is 3.13. The number of piperidine rings is 1. The van der Waals surface area contributed by atoms with Crippen molar-refractivity contribution >= 4 is 35.0 Å². The van der Waals surface area contributed by atoms with Crippen molar-refractivity contribution in [3.8, 4) is 11.5 Å². The molecule has 2 aliphatic rings. The molecule has 1 N–H and O–H groups in total. The SMILES string of the molecule is COC(=O)/C=C1/S/C(=N\N=Cc2ccc(OCCN3CCCCC3)c(OC)c2)NC1=O. The number of hydrogen-bond acceptors (Lipinski definition) is 9. The molecule has 166 valence electrons. The summed E-state index contributed by atoms with van der Waals surface area (Å²) in [5.74, 6) is 0.270. The van der Waals surface area contributed by atoms with Crippen molar-refractivity contribution in [1.29, 1.82) is 0 Å². The lowest BCUT2D eigenvalue weighted by molar-refractivity contribution is -0.135. The van der Waals surface area contributed by atoms with Crippen LogP contribution >= 0.6 is 11.8 Å². The smallest absolute Gasteiger partial charge is 0.331 e. The summed E-state index contributed by atoms with van der Waals surface area (Å²) in [5, 5.41) is 10.8. The summed E-state index contributed by atoms with van der Waals surface area (Å²) >= 11 is 1.02. The van der Waals surface area contributed by atoms with Gasteiger partial charge in [-0.05, 0) is 61.5 Å². The van der Waals surface area contributed by atoms with E-state index in [9.17, 15) is 9.59 Å². The predicted octanol–water partition coefficient (Wildman–Crippen LogP) is 2.17. The maximum atomic E-state index is 11.8. The molecule has 3 rings (SSSR count). The van der Waals surface area contributed by atoms with Crippen LogP contribution in [0.15, 0.2) is 39.4 Å². The molecule has 2 saturated heterocycles. The number of likely N-dealkylation sites (tertiary alicyclic amines) is 1. The van der Waals surface area contributed by atoms with E-state index in [-0.39, 0.29) is 10.1 Å². The number of carbonyl (C=O) groups is 2. The van der Waals surface area contributed by atoms with Crippen molar-refractivity contribution in [1.82, 2.24) is 10.2 Å². The number of hydrogen-bond donors (Lipinski definition) is 1. The van der Waals surface area contributed by atoms with Crippen LogP contribution in [0.3, 0.4) is 0 Å². The van der Waals surface area contributed by atoms with Crippen LogP contribution in [-0.4, -0.2) is 68.6 Å². The molecule has 0 radical (unpaired) electrons. The second-order valence-electron chi connectivity index (χ2n) is 6.90. The second-order valence-corrected chi connectivity index (χ2v) is 7.93. The summed E-state index contributed by atoms with van der Waals surface area (Å²) in [6, 6.07) is 5.50. The molecule has 2 aliphatic heterocycles. The number of esters is 1. The minimum Gasteiger partial charge on any atom is -0.493 e. The van der Waals surface area contributed by atoms with Crippen LogP contribution < -0.4 is 14.8 Å². The van der Waals surface area contributed by atoms with E-state index in [4.69, 9.17) is 9.47 Å². The molecule has 2 heterocycles. The standard InChI is InChI=1S/C21H26N4O5S/c1-28-17-12-15(6-7-16(17)30-11-10-25-8-4-3-5-9-25)14-22-24-21-23-20(27)18(31-21)13-19(26)29-2/h6-7,12-14H,3-5,8-11H2,1-2H3,(H,23,24,27)/b18-13+,22-14?. The van der Waals surface area contributed by atoms with Crippen LogP contribution in [0.4, 0.5) is 0 Å². The van der Waals surface area contributed by atoms with Crippen LogP contribution in [0.1, 0.15) is 24.8 Å². The van der Waals surface area contributed by atoms with E-state index >= 15 is 0 Å². The van der Waals surface area contributed by atoms with Gasteiger partial charge in [-0.25, -0.2) is 4.79 Å². The Balaban J connectivity index is 1.56. The quantitative estimate of drug-likeness (QED) is 0.283. The van der Waals surface area contributed by atoms with Crippen LogP contribution in [-0.2, 0) is 14.3 Å². The van der Waals surface area contributed by atoms with Crippen molar-refractivity contribution in [2.75, 3.05) is 40.5 Å². The normalized spacial score (nSPS) is 19.7. The molecule has 2 fully saturated rings. The molecule has 0 spiro atoms. The highest BCUT2D eigenvalue weighted by atomic mass is 32.2. The van der Waals surface area contributed by atoms with Crippen molar-refractivity contribution < 1.29 is 23.8 Å². The lowest BCUT2D eigenvalue weighted by atomic mass is 10.1. The van der Waals surface area contributed by atoms with Gasteiger partial charge in [0.25, 0.3) is 5.91 Å². The molecule has 0 atom stereocenters. The maximum Gasteiger partial charge on any atom is 0.331 e. The minimum absolute atomic E-state index is 0.202. The van der Waals surface area contributed by atoms with Crippen molar-refractivity contribution in [2.24, 2.45) is 10.2 Å². The first kappa shape index (κ1) is 22.8. The number of amides is 1. The largest absolute Gasteiger partial charge is 0.493 e. The average molecular weight is 447 g/mol. The fourth-order valence-corrected chi connectivity index (χ4v) is 3.88. The molecule has 1 amide bonds. The molecular formula is C21H26N4O5S. The Hall–Kier alpha value is -2.85. The van der Waals surface area contributed by atoms with Crippen LogP contribution in [0, 0.1) is 0 Å². The zero-order chi connectivity index (χ0) is 22.1. The van der Waals surface area contributed by atoms with E-state index in [1.165, 1.54) is 26.4 Å². The van der Waals surface area contributed by atoms with Crippen molar-refractivity contribution in [3.05, 3.63) is 34.7 Å². The Kier molecular flexibility index (Phi) is 8.48. The Bertz CT molecular complexity index is 894.